The summed E-state index contributed by atoms with van der Waals surface area (Å²) in [6.07, 6.45) is 1.69. The largest absolute Gasteiger partial charge is 0.477 e. The van der Waals surface area contributed by atoms with Crippen LogP contribution in [0.25, 0.3) is 10.9 Å². The minimum Gasteiger partial charge on any atom is -0.477 e. The number of carbonyl (C=O) groups is 6. The number of aliphatic carboxylic acids is 1. The van der Waals surface area contributed by atoms with E-state index in [4.69, 9.17) is 5.73 Å². The molecule has 2 saturated heterocycles. The molecule has 0 spiro atoms. The Morgan fingerprint density at radius 3 is 2.60 bits per heavy atom. The number of carbonyl (C=O) groups excluding carboxylic acids is 5. The Morgan fingerprint density at radius 1 is 1.15 bits per heavy atom. The lowest BCUT2D eigenvalue weighted by Crippen LogP contribution is -2.73. The van der Waals surface area contributed by atoms with Crippen molar-refractivity contribution in [2.75, 3.05) is 16.8 Å². The van der Waals surface area contributed by atoms with Crippen LogP contribution in [0.15, 0.2) is 75.9 Å². The van der Waals surface area contributed by atoms with Crippen molar-refractivity contribution in [3.05, 3.63) is 87.3 Å². The predicted octanol–water partition coefficient (Wildman–Crippen LogP) is 0.352. The zero-order valence-electron chi connectivity index (χ0n) is 27.7. The van der Waals surface area contributed by atoms with Crippen LogP contribution >= 0.6 is 23.5 Å². The normalized spacial score (nSPS) is 20.0. The van der Waals surface area contributed by atoms with Gasteiger partial charge in [0.15, 0.2) is 0 Å². The van der Waals surface area contributed by atoms with Gasteiger partial charge in [-0.3, -0.25) is 38.6 Å². The number of β-lactam (4-membered cyclic amide) rings is 1. The van der Waals surface area contributed by atoms with Crippen LogP contribution in [0.3, 0.4) is 0 Å². The second-order valence-electron chi connectivity index (χ2n) is 12.3. The van der Waals surface area contributed by atoms with Crippen molar-refractivity contribution in [1.29, 1.82) is 0 Å². The molecular formula is C33H30N10O8S2. The number of amides is 5. The molecule has 3 aliphatic heterocycles. The van der Waals surface area contributed by atoms with Crippen molar-refractivity contribution < 1.29 is 33.9 Å². The van der Waals surface area contributed by atoms with Gasteiger partial charge in [0.1, 0.15) is 34.8 Å². The van der Waals surface area contributed by atoms with Gasteiger partial charge in [0.25, 0.3) is 17.7 Å². The fourth-order valence-electron chi connectivity index (χ4n) is 6.32. The molecule has 3 unspecified atom stereocenters. The molecule has 5 amide bonds. The summed E-state index contributed by atoms with van der Waals surface area (Å²) in [5.74, 6) is -4.62. The Balaban J connectivity index is 1.20. The number of anilines is 1. The fraction of sp³-hybridized carbons (Fsp3) is 0.273. The SMILES string of the molecule is Cn1nnnc1SCC1=C(C(=O)O)N2C(=O)C(N(C(=O)c3c[nH]c4cc(NC(=O)C5CCC(=O)N5)ccc4c3=O)C(=O)C(N)c3ccccc3)[C@@H]2SC1. The van der Waals surface area contributed by atoms with E-state index in [0.29, 0.717) is 33.3 Å². The number of benzene rings is 2. The van der Waals surface area contributed by atoms with E-state index in [1.165, 1.54) is 46.4 Å². The molecule has 20 heteroatoms. The van der Waals surface area contributed by atoms with Gasteiger partial charge in [-0.25, -0.2) is 9.48 Å². The maximum absolute atomic E-state index is 14.4. The quantitative estimate of drug-likeness (QED) is 0.108. The highest BCUT2D eigenvalue weighted by Gasteiger charge is 2.59. The number of aromatic nitrogens is 5. The van der Waals surface area contributed by atoms with Crippen LogP contribution in [0.5, 0.6) is 0 Å². The molecule has 4 atom stereocenters. The molecule has 5 heterocycles. The number of nitrogens with zero attached hydrogens (tertiary/aromatic N) is 6. The molecule has 4 aromatic rings. The van der Waals surface area contributed by atoms with E-state index in [0.717, 1.165) is 11.1 Å². The van der Waals surface area contributed by atoms with Gasteiger partial charge in [-0.2, -0.15) is 0 Å². The van der Waals surface area contributed by atoms with Gasteiger partial charge in [0.2, 0.25) is 22.4 Å². The van der Waals surface area contributed by atoms with Gasteiger partial charge in [-0.05, 0) is 46.2 Å². The first-order valence-electron chi connectivity index (χ1n) is 16.1. The molecule has 2 aromatic heterocycles. The molecule has 53 heavy (non-hydrogen) atoms. The molecule has 0 bridgehead atoms. The summed E-state index contributed by atoms with van der Waals surface area (Å²) in [6, 6.07) is 8.92. The standard InChI is InChI=1S/C33H30N10O8S2/c1-41-33(38-39-40-41)53-14-16-13-52-31-25(30(49)43(31)24(16)32(50)51)42(29(48)23(34)15-5-3-2-4-6-15)28(47)19-12-35-21-11-17(7-8-18(21)26(19)45)36-27(46)20-9-10-22(44)37-20/h2-8,11-12,20,23,25,31H,9-10,13-14,34H2,1H3,(H,35,45)(H,36,46)(H,37,44)(H,50,51)/t20?,23?,25?,31-/m0/s1. The number of fused-ring (bicyclic) bond motifs is 2. The lowest BCUT2D eigenvalue weighted by molar-refractivity contribution is -0.157. The predicted molar refractivity (Wildman–Crippen MR) is 190 cm³/mol. The number of H-pyrrole nitrogens is 1. The first kappa shape index (κ1) is 35.5. The Bertz CT molecular complexity index is 2290. The number of hydrogen-bond acceptors (Lipinski definition) is 13. The monoisotopic (exact) mass is 758 g/mol. The van der Waals surface area contributed by atoms with Crippen LogP contribution in [0.4, 0.5) is 5.69 Å². The molecule has 18 nitrogen and oxygen atoms in total. The van der Waals surface area contributed by atoms with E-state index in [1.807, 2.05) is 0 Å². The molecule has 6 N–H and O–H groups in total. The number of imide groups is 1. The maximum atomic E-state index is 14.4. The third-order valence-corrected chi connectivity index (χ3v) is 11.5. The van der Waals surface area contributed by atoms with Crippen LogP contribution in [-0.2, 0) is 31.0 Å². The van der Waals surface area contributed by atoms with E-state index < -0.39 is 64.1 Å². The van der Waals surface area contributed by atoms with Gasteiger partial charge in [0, 0.05) is 42.2 Å². The summed E-state index contributed by atoms with van der Waals surface area (Å²) in [7, 11) is 1.63. The summed E-state index contributed by atoms with van der Waals surface area (Å²) in [4.78, 5) is 97.7. The molecule has 2 fully saturated rings. The zero-order valence-corrected chi connectivity index (χ0v) is 29.3. The smallest absolute Gasteiger partial charge is 0.352 e. The first-order chi connectivity index (χ1) is 25.4. The average molecular weight is 759 g/mol. The summed E-state index contributed by atoms with van der Waals surface area (Å²) in [5.41, 5.74) is 6.22. The molecule has 3 aliphatic rings. The number of thioether (sulfide) groups is 2. The van der Waals surface area contributed by atoms with E-state index >= 15 is 0 Å². The van der Waals surface area contributed by atoms with Crippen molar-refractivity contribution in [3.8, 4) is 0 Å². The number of tetrazole rings is 1. The molecule has 0 saturated carbocycles. The minimum atomic E-state index is -1.48. The molecule has 0 aliphatic carbocycles. The van der Waals surface area contributed by atoms with Crippen LogP contribution in [0.1, 0.15) is 34.8 Å². The highest BCUT2D eigenvalue weighted by Crippen LogP contribution is 2.44. The summed E-state index contributed by atoms with van der Waals surface area (Å²) in [5, 5.41) is 26.2. The van der Waals surface area contributed by atoms with Crippen molar-refractivity contribution in [3.63, 3.8) is 0 Å². The topological polar surface area (TPSA) is 256 Å². The number of rotatable bonds is 10. The third-order valence-electron chi connectivity index (χ3n) is 9.03. The van der Waals surface area contributed by atoms with Crippen molar-refractivity contribution in [2.45, 2.75) is 41.5 Å². The number of pyridine rings is 1. The van der Waals surface area contributed by atoms with E-state index in [-0.39, 0.29) is 40.4 Å². The lowest BCUT2D eigenvalue weighted by atomic mass is 9.97. The van der Waals surface area contributed by atoms with Crippen LogP contribution in [0, 0.1) is 0 Å². The molecule has 2 aromatic carbocycles. The van der Waals surface area contributed by atoms with Gasteiger partial charge >= 0.3 is 5.97 Å². The Hall–Kier alpha value is -5.86. The number of nitrogens with one attached hydrogen (secondary N) is 3. The maximum Gasteiger partial charge on any atom is 0.352 e. The highest BCUT2D eigenvalue weighted by atomic mass is 32.2. The summed E-state index contributed by atoms with van der Waals surface area (Å²) in [6.45, 7) is 0. The Kier molecular flexibility index (Phi) is 9.58. The Morgan fingerprint density at radius 2 is 1.92 bits per heavy atom. The summed E-state index contributed by atoms with van der Waals surface area (Å²) >= 11 is 2.35. The fourth-order valence-corrected chi connectivity index (χ4v) is 8.70. The summed E-state index contributed by atoms with van der Waals surface area (Å²) < 4.78 is 1.42. The number of aryl methyl sites for hydroxylation is 1. The number of nitrogens with two attached hydrogens (primary N) is 1. The second-order valence-corrected chi connectivity index (χ2v) is 14.4. The minimum absolute atomic E-state index is 0.0488. The Labute approximate surface area is 307 Å². The van der Waals surface area contributed by atoms with Gasteiger partial charge in [-0.15, -0.1) is 16.9 Å². The average Bonchev–Trinajstić information content (AvgIpc) is 3.79. The molecule has 272 valence electrons. The van der Waals surface area contributed by atoms with Crippen LogP contribution < -0.4 is 21.8 Å². The van der Waals surface area contributed by atoms with E-state index in [1.54, 1.807) is 37.4 Å². The van der Waals surface area contributed by atoms with Gasteiger partial charge in [0.05, 0.1) is 5.52 Å². The molecule has 7 rings (SSSR count). The van der Waals surface area contributed by atoms with Gasteiger partial charge < -0.3 is 26.5 Å². The van der Waals surface area contributed by atoms with Crippen molar-refractivity contribution in [1.82, 2.24) is 40.3 Å². The third kappa shape index (κ3) is 6.55. The lowest BCUT2D eigenvalue weighted by Gasteiger charge is -2.52. The van der Waals surface area contributed by atoms with Crippen LogP contribution in [-0.4, -0.2) is 105 Å². The number of aromatic amines is 1. The van der Waals surface area contributed by atoms with E-state index in [9.17, 15) is 38.7 Å². The first-order valence-corrected chi connectivity index (χ1v) is 18.2. The second kappa shape index (κ2) is 14.3. The van der Waals surface area contributed by atoms with E-state index in [2.05, 4.69) is 31.1 Å². The highest BCUT2D eigenvalue weighted by molar-refractivity contribution is 8.01. The van der Waals surface area contributed by atoms with Crippen molar-refractivity contribution in [2.24, 2.45) is 12.8 Å². The zero-order chi connectivity index (χ0) is 37.6. The van der Waals surface area contributed by atoms with Crippen molar-refractivity contribution >= 4 is 75.6 Å². The number of carboxylic acid groups (broad SMARTS) is 1. The number of carboxylic acids is 1. The van der Waals surface area contributed by atoms with Crippen LogP contribution in [0.2, 0.25) is 0 Å². The molecular weight excluding hydrogens is 729 g/mol. The van der Waals surface area contributed by atoms with Gasteiger partial charge in [-0.1, -0.05) is 42.1 Å². The molecule has 0 radical (unpaired) electrons. The number of hydrogen-bond donors (Lipinski definition) is 5.